The highest BCUT2D eigenvalue weighted by Crippen LogP contribution is 2.18. The lowest BCUT2D eigenvalue weighted by atomic mass is 10.1. The molecule has 8 heteroatoms. The highest BCUT2D eigenvalue weighted by Gasteiger charge is 2.45. The maximum absolute atomic E-state index is 12.3. The van der Waals surface area contributed by atoms with E-state index in [1.165, 1.54) is 0 Å². The normalized spacial score (nSPS) is 20.5. The number of carbonyl (C=O) groups excluding carboxylic acids is 3. The molecule has 0 aromatic carbocycles. The maximum atomic E-state index is 12.3. The van der Waals surface area contributed by atoms with Crippen molar-refractivity contribution in [3.63, 3.8) is 0 Å². The van der Waals surface area contributed by atoms with Gasteiger partial charge in [-0.05, 0) is 13.8 Å². The zero-order valence-corrected chi connectivity index (χ0v) is 12.0. The van der Waals surface area contributed by atoms with Crippen LogP contribution in [-0.4, -0.2) is 56.2 Å². The second-order valence-electron chi connectivity index (χ2n) is 5.84. The Morgan fingerprint density at radius 3 is 2.86 bits per heavy atom. The molecule has 2 N–H and O–H groups in total. The number of hydrogen-bond acceptors (Lipinski definition) is 4. The van der Waals surface area contributed by atoms with Crippen LogP contribution < -0.4 is 5.32 Å². The Labute approximate surface area is 121 Å². The largest absolute Gasteiger partial charge is 0.347 e. The molecule has 0 spiro atoms. The molecule has 0 atom stereocenters. The van der Waals surface area contributed by atoms with E-state index < -0.39 is 11.6 Å². The molecule has 2 aliphatic heterocycles. The second-order valence-corrected chi connectivity index (χ2v) is 5.84. The molecule has 3 heterocycles. The van der Waals surface area contributed by atoms with Gasteiger partial charge in [0.05, 0.1) is 24.3 Å². The van der Waals surface area contributed by atoms with Crippen LogP contribution in [0.3, 0.4) is 0 Å². The third-order valence-corrected chi connectivity index (χ3v) is 3.87. The van der Waals surface area contributed by atoms with Crippen LogP contribution >= 0.6 is 0 Å². The van der Waals surface area contributed by atoms with Gasteiger partial charge in [0.25, 0.3) is 5.91 Å². The lowest BCUT2D eigenvalue weighted by molar-refractivity contribution is -0.139. The number of amides is 4. The van der Waals surface area contributed by atoms with Crippen molar-refractivity contribution in [3.8, 4) is 0 Å². The summed E-state index contributed by atoms with van der Waals surface area (Å²) >= 11 is 0. The number of imidazole rings is 1. The Bertz CT molecular complexity index is 621. The quantitative estimate of drug-likeness (QED) is 0.726. The van der Waals surface area contributed by atoms with Crippen molar-refractivity contribution in [2.45, 2.75) is 32.4 Å². The third-order valence-electron chi connectivity index (χ3n) is 3.87. The summed E-state index contributed by atoms with van der Waals surface area (Å²) in [5.74, 6) is -0.614. The van der Waals surface area contributed by atoms with E-state index in [-0.39, 0.29) is 18.4 Å². The van der Waals surface area contributed by atoms with Gasteiger partial charge in [-0.25, -0.2) is 9.78 Å². The standard InChI is InChI=1S/C13H17N5O3/c1-13(2)11(20)18(12(21)16-13)6-10(19)17-4-3-8-9(5-17)15-7-14-8/h7H,3-6H2,1-2H3,(H,14,15)(H,16,21). The molecule has 0 bridgehead atoms. The van der Waals surface area contributed by atoms with E-state index in [2.05, 4.69) is 15.3 Å². The van der Waals surface area contributed by atoms with E-state index in [4.69, 9.17) is 0 Å². The number of nitrogens with zero attached hydrogens (tertiary/aromatic N) is 3. The van der Waals surface area contributed by atoms with Crippen molar-refractivity contribution in [1.29, 1.82) is 0 Å². The van der Waals surface area contributed by atoms with Crippen LogP contribution in [0, 0.1) is 0 Å². The molecule has 0 radical (unpaired) electrons. The van der Waals surface area contributed by atoms with E-state index >= 15 is 0 Å². The Balaban J connectivity index is 1.68. The lowest BCUT2D eigenvalue weighted by Crippen LogP contribution is -2.45. The first-order valence-corrected chi connectivity index (χ1v) is 6.81. The fourth-order valence-electron chi connectivity index (χ4n) is 2.62. The molecule has 112 valence electrons. The third kappa shape index (κ3) is 2.26. The number of aromatic nitrogens is 2. The summed E-state index contributed by atoms with van der Waals surface area (Å²) in [5.41, 5.74) is 0.929. The van der Waals surface area contributed by atoms with Crippen LogP contribution in [0.15, 0.2) is 6.33 Å². The Morgan fingerprint density at radius 1 is 1.43 bits per heavy atom. The first-order chi connectivity index (χ1) is 9.88. The summed E-state index contributed by atoms with van der Waals surface area (Å²) < 4.78 is 0. The zero-order valence-electron chi connectivity index (χ0n) is 12.0. The molecule has 0 saturated carbocycles. The molecule has 1 saturated heterocycles. The number of hydrogen-bond donors (Lipinski definition) is 2. The van der Waals surface area contributed by atoms with Gasteiger partial charge in [-0.2, -0.15) is 0 Å². The fourth-order valence-corrected chi connectivity index (χ4v) is 2.62. The number of imide groups is 1. The van der Waals surface area contributed by atoms with Gasteiger partial charge >= 0.3 is 6.03 Å². The van der Waals surface area contributed by atoms with Crippen LogP contribution in [0.1, 0.15) is 25.2 Å². The van der Waals surface area contributed by atoms with Crippen molar-refractivity contribution in [1.82, 2.24) is 25.1 Å². The maximum Gasteiger partial charge on any atom is 0.325 e. The van der Waals surface area contributed by atoms with E-state index in [0.717, 1.165) is 16.3 Å². The smallest absolute Gasteiger partial charge is 0.325 e. The van der Waals surface area contributed by atoms with Crippen LogP contribution in [0.2, 0.25) is 0 Å². The minimum Gasteiger partial charge on any atom is -0.347 e. The monoisotopic (exact) mass is 291 g/mol. The Morgan fingerprint density at radius 2 is 2.19 bits per heavy atom. The Hall–Kier alpha value is -2.38. The average molecular weight is 291 g/mol. The van der Waals surface area contributed by atoms with Gasteiger partial charge in [0.1, 0.15) is 12.1 Å². The van der Waals surface area contributed by atoms with Gasteiger partial charge < -0.3 is 15.2 Å². The molecule has 1 fully saturated rings. The van der Waals surface area contributed by atoms with E-state index in [0.29, 0.717) is 19.5 Å². The van der Waals surface area contributed by atoms with E-state index in [1.807, 2.05) is 0 Å². The van der Waals surface area contributed by atoms with Crippen molar-refractivity contribution in [2.75, 3.05) is 13.1 Å². The first-order valence-electron chi connectivity index (χ1n) is 6.81. The van der Waals surface area contributed by atoms with Gasteiger partial charge in [-0.1, -0.05) is 0 Å². The summed E-state index contributed by atoms with van der Waals surface area (Å²) in [6.07, 6.45) is 2.29. The average Bonchev–Trinajstić information content (AvgIpc) is 2.96. The van der Waals surface area contributed by atoms with E-state index in [9.17, 15) is 14.4 Å². The van der Waals surface area contributed by atoms with Crippen molar-refractivity contribution in [3.05, 3.63) is 17.7 Å². The molecule has 3 rings (SSSR count). The number of aromatic amines is 1. The molecule has 1 aromatic heterocycles. The number of H-pyrrole nitrogens is 1. The summed E-state index contributed by atoms with van der Waals surface area (Å²) in [4.78, 5) is 45.9. The van der Waals surface area contributed by atoms with Gasteiger partial charge in [-0.15, -0.1) is 0 Å². The first kappa shape index (κ1) is 13.6. The van der Waals surface area contributed by atoms with Crippen molar-refractivity contribution in [2.24, 2.45) is 0 Å². The minimum atomic E-state index is -0.949. The highest BCUT2D eigenvalue weighted by atomic mass is 16.2. The fraction of sp³-hybridized carbons (Fsp3) is 0.538. The summed E-state index contributed by atoms with van der Waals surface area (Å²) in [5, 5.41) is 2.56. The van der Waals surface area contributed by atoms with Crippen LogP contribution in [0.5, 0.6) is 0 Å². The number of carbonyl (C=O) groups is 3. The van der Waals surface area contributed by atoms with Crippen LogP contribution in [0.4, 0.5) is 4.79 Å². The molecule has 2 aliphatic rings. The zero-order chi connectivity index (χ0) is 15.2. The lowest BCUT2D eigenvalue weighted by Gasteiger charge is -2.27. The van der Waals surface area contributed by atoms with Crippen molar-refractivity contribution < 1.29 is 14.4 Å². The predicted molar refractivity (Wildman–Crippen MR) is 72.0 cm³/mol. The van der Waals surface area contributed by atoms with Crippen LogP contribution in [0.25, 0.3) is 0 Å². The number of nitrogens with one attached hydrogen (secondary N) is 2. The number of rotatable bonds is 2. The molecular formula is C13H17N5O3. The SMILES string of the molecule is CC1(C)NC(=O)N(CC(=O)N2CCc3nc[nH]c3C2)C1=O. The van der Waals surface area contributed by atoms with Gasteiger partial charge in [0.15, 0.2) is 0 Å². The molecular weight excluding hydrogens is 274 g/mol. The highest BCUT2D eigenvalue weighted by molar-refractivity contribution is 6.08. The molecule has 1 aromatic rings. The molecule has 0 aliphatic carbocycles. The van der Waals surface area contributed by atoms with Gasteiger partial charge in [-0.3, -0.25) is 14.5 Å². The number of fused-ring (bicyclic) bond motifs is 1. The number of urea groups is 1. The summed E-state index contributed by atoms with van der Waals surface area (Å²) in [6.45, 7) is 3.99. The molecule has 4 amide bonds. The predicted octanol–water partition coefficient (Wildman–Crippen LogP) is -0.375. The summed E-state index contributed by atoms with van der Waals surface area (Å²) in [7, 11) is 0. The van der Waals surface area contributed by atoms with Crippen molar-refractivity contribution >= 4 is 17.8 Å². The molecule has 21 heavy (non-hydrogen) atoms. The van der Waals surface area contributed by atoms with Crippen LogP contribution in [-0.2, 0) is 22.6 Å². The minimum absolute atomic E-state index is 0.225. The van der Waals surface area contributed by atoms with Gasteiger partial charge in [0.2, 0.25) is 5.91 Å². The molecule has 8 nitrogen and oxygen atoms in total. The molecule has 0 unspecified atom stereocenters. The Kier molecular flexibility index (Phi) is 2.96. The van der Waals surface area contributed by atoms with Gasteiger partial charge in [0, 0.05) is 13.0 Å². The van der Waals surface area contributed by atoms with E-state index in [1.54, 1.807) is 25.1 Å². The topological polar surface area (TPSA) is 98.4 Å². The second kappa shape index (κ2) is 4.57. The summed E-state index contributed by atoms with van der Waals surface area (Å²) in [6, 6.07) is -0.516.